The first kappa shape index (κ1) is 8.34. The zero-order valence-corrected chi connectivity index (χ0v) is 10.0. The van der Waals surface area contributed by atoms with E-state index >= 15 is 0 Å². The minimum atomic E-state index is 0.492. The van der Waals surface area contributed by atoms with Gasteiger partial charge in [-0.2, -0.15) is 0 Å². The molecule has 0 spiro atoms. The van der Waals surface area contributed by atoms with Crippen LogP contribution >= 0.6 is 34.2 Å². The normalized spacial score (nSPS) is 62.5. The van der Waals surface area contributed by atoms with Crippen molar-refractivity contribution in [3.05, 3.63) is 0 Å². The van der Waals surface area contributed by atoms with E-state index < -0.39 is 0 Å². The maximum Gasteiger partial charge on any atom is 0.0510 e. The van der Waals surface area contributed by atoms with Gasteiger partial charge in [-0.15, -0.1) is 11.6 Å². The molecule has 0 aliphatic heterocycles. The van der Waals surface area contributed by atoms with E-state index in [0.717, 1.165) is 17.8 Å². The highest BCUT2D eigenvalue weighted by molar-refractivity contribution is 14.1. The molecule has 0 N–H and O–H groups in total. The van der Waals surface area contributed by atoms with Gasteiger partial charge in [0.05, 0.1) is 5.38 Å². The van der Waals surface area contributed by atoms with Crippen LogP contribution in [0, 0.1) is 17.8 Å². The third kappa shape index (κ3) is 1.01. The molecule has 68 valence electrons. The summed E-state index contributed by atoms with van der Waals surface area (Å²) >= 11 is 9.16. The molecule has 2 heteroatoms. The standard InChI is InChI=1S/C10H14ClI/c11-9-8-2-6-1-7(3-8)5-10(9,12)4-6/h6-9H,1-5H2/t6-,7+,8?,9?,10?. The lowest BCUT2D eigenvalue weighted by atomic mass is 9.56. The van der Waals surface area contributed by atoms with E-state index in [-0.39, 0.29) is 0 Å². The summed E-state index contributed by atoms with van der Waals surface area (Å²) in [7, 11) is 0. The predicted octanol–water partition coefficient (Wildman–Crippen LogP) is 3.61. The van der Waals surface area contributed by atoms with E-state index in [9.17, 15) is 0 Å². The van der Waals surface area contributed by atoms with E-state index in [2.05, 4.69) is 22.6 Å². The van der Waals surface area contributed by atoms with Gasteiger partial charge >= 0.3 is 0 Å². The van der Waals surface area contributed by atoms with Gasteiger partial charge in [0.25, 0.3) is 0 Å². The lowest BCUT2D eigenvalue weighted by Gasteiger charge is -2.57. The molecule has 0 aromatic carbocycles. The van der Waals surface area contributed by atoms with Gasteiger partial charge in [-0.05, 0) is 49.9 Å². The topological polar surface area (TPSA) is 0 Å². The number of hydrogen-bond acceptors (Lipinski definition) is 0. The van der Waals surface area contributed by atoms with E-state index in [1.165, 1.54) is 32.1 Å². The van der Waals surface area contributed by atoms with Gasteiger partial charge in [0, 0.05) is 3.42 Å². The highest BCUT2D eigenvalue weighted by Gasteiger charge is 2.55. The zero-order chi connectivity index (χ0) is 8.34. The van der Waals surface area contributed by atoms with E-state index in [1.54, 1.807) is 0 Å². The molecule has 4 rings (SSSR count). The Labute approximate surface area is 92.6 Å². The minimum Gasteiger partial charge on any atom is -0.121 e. The fraction of sp³-hybridized carbons (Fsp3) is 1.00. The molecule has 4 aliphatic rings. The van der Waals surface area contributed by atoms with Crippen LogP contribution in [0.4, 0.5) is 0 Å². The van der Waals surface area contributed by atoms with Crippen LogP contribution in [0.25, 0.3) is 0 Å². The summed E-state index contributed by atoms with van der Waals surface area (Å²) in [5.41, 5.74) is 0. The van der Waals surface area contributed by atoms with Gasteiger partial charge in [0.2, 0.25) is 0 Å². The smallest absolute Gasteiger partial charge is 0.0510 e. The molecule has 0 heterocycles. The average molecular weight is 297 g/mol. The third-order valence-electron chi connectivity index (χ3n) is 4.10. The van der Waals surface area contributed by atoms with Crippen molar-refractivity contribution in [2.24, 2.45) is 17.8 Å². The summed E-state index contributed by atoms with van der Waals surface area (Å²) in [6.07, 6.45) is 7.22. The van der Waals surface area contributed by atoms with E-state index in [1.807, 2.05) is 0 Å². The van der Waals surface area contributed by atoms with Crippen LogP contribution in [-0.2, 0) is 0 Å². The highest BCUT2D eigenvalue weighted by Crippen LogP contribution is 2.60. The Morgan fingerprint density at radius 1 is 1.08 bits per heavy atom. The number of halogens is 2. The van der Waals surface area contributed by atoms with Gasteiger partial charge in [0.1, 0.15) is 0 Å². The van der Waals surface area contributed by atoms with Crippen LogP contribution in [0.1, 0.15) is 32.1 Å². The molecule has 4 saturated carbocycles. The van der Waals surface area contributed by atoms with Crippen molar-refractivity contribution < 1.29 is 0 Å². The largest absolute Gasteiger partial charge is 0.121 e. The van der Waals surface area contributed by atoms with Gasteiger partial charge < -0.3 is 0 Å². The summed E-state index contributed by atoms with van der Waals surface area (Å²) in [5, 5.41) is 0.492. The Balaban J connectivity index is 1.97. The van der Waals surface area contributed by atoms with Crippen molar-refractivity contribution in [1.29, 1.82) is 0 Å². The van der Waals surface area contributed by atoms with Crippen molar-refractivity contribution in [1.82, 2.24) is 0 Å². The number of rotatable bonds is 0. The quantitative estimate of drug-likeness (QED) is 0.473. The summed E-state index contributed by atoms with van der Waals surface area (Å²) in [6, 6.07) is 0. The maximum absolute atomic E-state index is 6.50. The van der Waals surface area contributed by atoms with Crippen molar-refractivity contribution in [2.75, 3.05) is 0 Å². The molecule has 0 amide bonds. The van der Waals surface area contributed by atoms with Crippen LogP contribution in [0.2, 0.25) is 0 Å². The fourth-order valence-corrected chi connectivity index (χ4v) is 6.02. The average Bonchev–Trinajstić information content (AvgIpc) is 1.98. The van der Waals surface area contributed by atoms with Crippen LogP contribution in [0.3, 0.4) is 0 Å². The zero-order valence-electron chi connectivity index (χ0n) is 7.10. The Kier molecular flexibility index (Phi) is 1.76. The summed E-state index contributed by atoms with van der Waals surface area (Å²) in [4.78, 5) is 0. The molecule has 4 bridgehead atoms. The predicted molar refractivity (Wildman–Crippen MR) is 59.9 cm³/mol. The Hall–Kier alpha value is 1.02. The lowest BCUT2D eigenvalue weighted by Crippen LogP contribution is -2.54. The van der Waals surface area contributed by atoms with Gasteiger partial charge in [0.15, 0.2) is 0 Å². The number of alkyl halides is 2. The molecule has 3 unspecified atom stereocenters. The third-order valence-corrected chi connectivity index (χ3v) is 6.80. The molecule has 0 nitrogen and oxygen atoms in total. The minimum absolute atomic E-state index is 0.492. The fourth-order valence-electron chi connectivity index (χ4n) is 3.88. The molecule has 12 heavy (non-hydrogen) atoms. The Morgan fingerprint density at radius 3 is 2.17 bits per heavy atom. The lowest BCUT2D eigenvalue weighted by molar-refractivity contribution is 0.0498. The molecule has 0 aromatic rings. The molecule has 4 aliphatic carbocycles. The maximum atomic E-state index is 6.50. The van der Waals surface area contributed by atoms with Crippen molar-refractivity contribution in [3.63, 3.8) is 0 Å². The SMILES string of the molecule is ClC1C2C[C@@H]3C[C@H](C2)CC1(I)C3. The van der Waals surface area contributed by atoms with Crippen molar-refractivity contribution in [3.8, 4) is 0 Å². The number of hydrogen-bond donors (Lipinski definition) is 0. The highest BCUT2D eigenvalue weighted by atomic mass is 127. The van der Waals surface area contributed by atoms with Gasteiger partial charge in [-0.25, -0.2) is 0 Å². The molecule has 0 aromatic heterocycles. The van der Waals surface area contributed by atoms with Crippen LogP contribution < -0.4 is 0 Å². The molecule has 0 saturated heterocycles. The second kappa shape index (κ2) is 2.53. The first-order chi connectivity index (χ1) is 5.67. The van der Waals surface area contributed by atoms with Gasteiger partial charge in [-0.3, -0.25) is 0 Å². The molecule has 4 fully saturated rings. The first-order valence-electron chi connectivity index (χ1n) is 5.00. The summed E-state index contributed by atoms with van der Waals surface area (Å²) in [6.45, 7) is 0. The van der Waals surface area contributed by atoms with E-state index in [4.69, 9.17) is 11.6 Å². The molecular weight excluding hydrogens is 282 g/mol. The monoisotopic (exact) mass is 296 g/mol. The first-order valence-corrected chi connectivity index (χ1v) is 6.52. The molecule has 0 radical (unpaired) electrons. The Bertz CT molecular complexity index is 202. The second-order valence-electron chi connectivity index (χ2n) is 5.04. The van der Waals surface area contributed by atoms with E-state index in [0.29, 0.717) is 8.80 Å². The van der Waals surface area contributed by atoms with Crippen LogP contribution in [0.5, 0.6) is 0 Å². The van der Waals surface area contributed by atoms with Crippen molar-refractivity contribution in [2.45, 2.75) is 40.9 Å². The molecular formula is C10H14ClI. The molecule has 5 atom stereocenters. The van der Waals surface area contributed by atoms with Crippen LogP contribution in [-0.4, -0.2) is 8.80 Å². The van der Waals surface area contributed by atoms with Crippen LogP contribution in [0.15, 0.2) is 0 Å². The summed E-state index contributed by atoms with van der Waals surface area (Å²) in [5.74, 6) is 2.94. The van der Waals surface area contributed by atoms with Crippen molar-refractivity contribution >= 4 is 34.2 Å². The summed E-state index contributed by atoms with van der Waals surface area (Å²) < 4.78 is 0.494. The Morgan fingerprint density at radius 2 is 1.67 bits per heavy atom. The van der Waals surface area contributed by atoms with Gasteiger partial charge in [-0.1, -0.05) is 22.6 Å². The second-order valence-corrected chi connectivity index (χ2v) is 7.66.